The van der Waals surface area contributed by atoms with Crippen LogP contribution in [0.4, 0.5) is 9.93 Å². The third kappa shape index (κ3) is 3.37. The Morgan fingerprint density at radius 3 is 2.84 bits per heavy atom. The third-order valence-corrected chi connectivity index (χ3v) is 3.93. The molecule has 19 heavy (non-hydrogen) atoms. The molecule has 5 nitrogen and oxygen atoms in total. The second-order valence-electron chi connectivity index (χ2n) is 5.94. The zero-order chi connectivity index (χ0) is 14.2. The fourth-order valence-corrected chi connectivity index (χ4v) is 3.12. The monoisotopic (exact) mass is 283 g/mol. The number of carbonyl (C=O) groups is 1. The number of nitrogen functional groups attached to an aromatic ring is 1. The fraction of sp³-hybridized carbons (Fsp3) is 0.692. The quantitative estimate of drug-likeness (QED) is 0.794. The first kappa shape index (κ1) is 14.1. The van der Waals surface area contributed by atoms with Gasteiger partial charge in [0.2, 0.25) is 0 Å². The van der Waals surface area contributed by atoms with E-state index in [0.717, 1.165) is 12.1 Å². The highest BCUT2D eigenvalue weighted by Gasteiger charge is 2.28. The highest BCUT2D eigenvalue weighted by atomic mass is 32.1. The molecule has 106 valence electrons. The van der Waals surface area contributed by atoms with Gasteiger partial charge in [0.15, 0.2) is 5.13 Å². The average molecular weight is 283 g/mol. The predicted octanol–water partition coefficient (Wildman–Crippen LogP) is 2.62. The van der Waals surface area contributed by atoms with E-state index in [1.165, 1.54) is 16.2 Å². The lowest BCUT2D eigenvalue weighted by atomic mass is 10.1. The number of rotatable bonds is 0. The van der Waals surface area contributed by atoms with Gasteiger partial charge in [-0.1, -0.05) is 6.92 Å². The number of fused-ring (bicyclic) bond motifs is 1. The van der Waals surface area contributed by atoms with Crippen LogP contribution < -0.4 is 5.73 Å². The van der Waals surface area contributed by atoms with Crippen LogP contribution >= 0.6 is 11.3 Å². The van der Waals surface area contributed by atoms with Crippen LogP contribution in [0.1, 0.15) is 44.2 Å². The summed E-state index contributed by atoms with van der Waals surface area (Å²) >= 11 is 1.52. The number of amides is 1. The molecule has 0 bridgehead atoms. The molecule has 0 aromatic carbocycles. The molecule has 0 saturated heterocycles. The number of nitrogens with two attached hydrogens (primary N) is 1. The fourth-order valence-electron chi connectivity index (χ4n) is 2.18. The Morgan fingerprint density at radius 1 is 1.53 bits per heavy atom. The van der Waals surface area contributed by atoms with Crippen molar-refractivity contribution in [3.63, 3.8) is 0 Å². The van der Waals surface area contributed by atoms with Crippen molar-refractivity contribution in [1.82, 2.24) is 9.88 Å². The Labute approximate surface area is 117 Å². The van der Waals surface area contributed by atoms with E-state index < -0.39 is 5.60 Å². The van der Waals surface area contributed by atoms with E-state index in [1.54, 1.807) is 4.90 Å². The summed E-state index contributed by atoms with van der Waals surface area (Å²) in [7, 11) is 0. The van der Waals surface area contributed by atoms with E-state index >= 15 is 0 Å². The van der Waals surface area contributed by atoms with Gasteiger partial charge in [-0.25, -0.2) is 9.78 Å². The summed E-state index contributed by atoms with van der Waals surface area (Å²) in [6, 6.07) is 0. The number of nitrogens with zero attached hydrogens (tertiary/aromatic N) is 2. The van der Waals surface area contributed by atoms with E-state index in [2.05, 4.69) is 11.9 Å². The van der Waals surface area contributed by atoms with Gasteiger partial charge >= 0.3 is 6.09 Å². The van der Waals surface area contributed by atoms with Crippen LogP contribution in [0.25, 0.3) is 0 Å². The molecule has 0 fully saturated rings. The second kappa shape index (κ2) is 5.00. The number of ether oxygens (including phenoxy) is 1. The highest BCUT2D eigenvalue weighted by molar-refractivity contribution is 7.15. The molecule has 2 rings (SSSR count). The summed E-state index contributed by atoms with van der Waals surface area (Å²) in [6.07, 6.45) is 0.552. The van der Waals surface area contributed by atoms with E-state index in [9.17, 15) is 4.79 Å². The molecule has 1 aliphatic rings. The van der Waals surface area contributed by atoms with E-state index in [1.807, 2.05) is 20.8 Å². The molecule has 0 aliphatic carbocycles. The molecule has 0 spiro atoms. The van der Waals surface area contributed by atoms with Crippen molar-refractivity contribution in [1.29, 1.82) is 0 Å². The minimum Gasteiger partial charge on any atom is -0.444 e. The summed E-state index contributed by atoms with van der Waals surface area (Å²) in [5.74, 6) is 0.193. The van der Waals surface area contributed by atoms with Gasteiger partial charge in [0.25, 0.3) is 0 Å². The lowest BCUT2D eigenvalue weighted by Crippen LogP contribution is -2.38. The van der Waals surface area contributed by atoms with Crippen LogP contribution in [0, 0.1) is 0 Å². The summed E-state index contributed by atoms with van der Waals surface area (Å²) in [5.41, 5.74) is 6.33. The first-order valence-electron chi connectivity index (χ1n) is 6.49. The summed E-state index contributed by atoms with van der Waals surface area (Å²) in [5, 5.41) is 0.613. The van der Waals surface area contributed by atoms with E-state index in [0.29, 0.717) is 18.2 Å². The maximum atomic E-state index is 12.1. The summed E-state index contributed by atoms with van der Waals surface area (Å²) < 4.78 is 5.43. The molecule has 0 radical (unpaired) electrons. The van der Waals surface area contributed by atoms with Crippen LogP contribution in [0.3, 0.4) is 0 Å². The topological polar surface area (TPSA) is 68.5 Å². The van der Waals surface area contributed by atoms with Crippen LogP contribution in [0.15, 0.2) is 0 Å². The first-order valence-corrected chi connectivity index (χ1v) is 7.31. The summed E-state index contributed by atoms with van der Waals surface area (Å²) in [4.78, 5) is 19.4. The molecular weight excluding hydrogens is 262 g/mol. The van der Waals surface area contributed by atoms with Gasteiger partial charge in [-0.05, 0) is 20.8 Å². The lowest BCUT2D eigenvalue weighted by molar-refractivity contribution is 0.0248. The van der Waals surface area contributed by atoms with Gasteiger partial charge in [-0.3, -0.25) is 0 Å². The molecule has 1 amide bonds. The summed E-state index contributed by atoms with van der Waals surface area (Å²) in [6.45, 7) is 9.00. The minimum atomic E-state index is -0.458. The number of hydrogen-bond acceptors (Lipinski definition) is 5. The van der Waals surface area contributed by atoms with E-state index in [4.69, 9.17) is 10.5 Å². The smallest absolute Gasteiger partial charge is 0.410 e. The predicted molar refractivity (Wildman–Crippen MR) is 76.5 cm³/mol. The van der Waals surface area contributed by atoms with Crippen molar-refractivity contribution in [2.45, 2.75) is 45.6 Å². The Morgan fingerprint density at radius 2 is 2.21 bits per heavy atom. The van der Waals surface area contributed by atoms with Crippen molar-refractivity contribution in [2.75, 3.05) is 18.8 Å². The largest absolute Gasteiger partial charge is 0.444 e. The first-order chi connectivity index (χ1) is 8.76. The van der Waals surface area contributed by atoms with Crippen molar-refractivity contribution >= 4 is 22.6 Å². The molecule has 1 unspecified atom stereocenters. The molecule has 1 aromatic rings. The molecular formula is C13H21N3O2S. The third-order valence-electron chi connectivity index (χ3n) is 2.97. The Hall–Kier alpha value is -1.30. The highest BCUT2D eigenvalue weighted by Crippen LogP contribution is 2.30. The van der Waals surface area contributed by atoms with Crippen molar-refractivity contribution in [3.05, 3.63) is 10.6 Å². The maximum absolute atomic E-state index is 12.1. The zero-order valence-corrected chi connectivity index (χ0v) is 12.7. The molecule has 1 atom stereocenters. The number of aromatic nitrogens is 1. The second-order valence-corrected chi connectivity index (χ2v) is 7.05. The van der Waals surface area contributed by atoms with Crippen molar-refractivity contribution < 1.29 is 9.53 Å². The molecule has 0 saturated carbocycles. The maximum Gasteiger partial charge on any atom is 0.410 e. The Kier molecular flexibility index (Phi) is 3.71. The van der Waals surface area contributed by atoms with Gasteiger partial charge in [0.05, 0.1) is 5.69 Å². The average Bonchev–Trinajstić information content (AvgIpc) is 2.56. The van der Waals surface area contributed by atoms with Crippen LogP contribution in [0.2, 0.25) is 0 Å². The van der Waals surface area contributed by atoms with Gasteiger partial charge < -0.3 is 15.4 Å². The molecule has 2 heterocycles. The normalized spacial score (nSPS) is 19.8. The van der Waals surface area contributed by atoms with Crippen LogP contribution in [-0.2, 0) is 11.2 Å². The molecule has 2 N–H and O–H groups in total. The number of thiazole rings is 1. The standard InChI is InChI=1S/C13H21N3O2S/c1-8-7-16(12(17)18-13(2,3)4)6-5-9-10(8)15-11(14)19-9/h8H,5-7H2,1-4H3,(H2,14,15). The SMILES string of the molecule is CC1CN(C(=O)OC(C)(C)C)CCc2sc(N)nc21. The van der Waals surface area contributed by atoms with Gasteiger partial charge in [-0.15, -0.1) is 11.3 Å². The van der Waals surface area contributed by atoms with Crippen molar-refractivity contribution in [3.8, 4) is 0 Å². The van der Waals surface area contributed by atoms with E-state index in [-0.39, 0.29) is 12.0 Å². The van der Waals surface area contributed by atoms with Crippen LogP contribution in [0.5, 0.6) is 0 Å². The van der Waals surface area contributed by atoms with Crippen molar-refractivity contribution in [2.24, 2.45) is 0 Å². The Balaban J connectivity index is 2.09. The number of hydrogen-bond donors (Lipinski definition) is 1. The molecule has 1 aromatic heterocycles. The lowest BCUT2D eigenvalue weighted by Gasteiger charge is -2.27. The van der Waals surface area contributed by atoms with Gasteiger partial charge in [0, 0.05) is 30.3 Å². The molecule has 6 heteroatoms. The zero-order valence-electron chi connectivity index (χ0n) is 11.9. The molecule has 1 aliphatic heterocycles. The number of anilines is 1. The number of carbonyl (C=O) groups excluding carboxylic acids is 1. The Bertz CT molecular complexity index is 479. The van der Waals surface area contributed by atoms with Crippen LogP contribution in [-0.4, -0.2) is 34.7 Å². The minimum absolute atomic E-state index is 0.193. The van der Waals surface area contributed by atoms with Gasteiger partial charge in [-0.2, -0.15) is 0 Å². The van der Waals surface area contributed by atoms with Gasteiger partial charge in [0.1, 0.15) is 5.60 Å².